The molecular weight excluding hydrogens is 367 g/mol. The molecule has 0 bridgehead atoms. The van der Waals surface area contributed by atoms with Crippen LogP contribution in [-0.2, 0) is 22.6 Å². The number of nitrogens with zero attached hydrogens (tertiary/aromatic N) is 1. The predicted molar refractivity (Wildman–Crippen MR) is 98.3 cm³/mol. The van der Waals surface area contributed by atoms with E-state index in [2.05, 4.69) is 0 Å². The van der Waals surface area contributed by atoms with Crippen molar-refractivity contribution in [3.63, 3.8) is 0 Å². The molecule has 1 unspecified atom stereocenters. The van der Waals surface area contributed by atoms with Gasteiger partial charge in [-0.1, -0.05) is 18.2 Å². The van der Waals surface area contributed by atoms with E-state index in [9.17, 15) is 9.59 Å². The lowest BCUT2D eigenvalue weighted by atomic mass is 9.98. The van der Waals surface area contributed by atoms with Gasteiger partial charge in [-0.25, -0.2) is 4.79 Å². The lowest BCUT2D eigenvalue weighted by Gasteiger charge is -2.20. The molecule has 0 heterocycles. The molecule has 1 aromatic carbocycles. The Morgan fingerprint density at radius 1 is 1.28 bits per heavy atom. The molecule has 0 aliphatic rings. The summed E-state index contributed by atoms with van der Waals surface area (Å²) >= 11 is 11.3. The van der Waals surface area contributed by atoms with Crippen LogP contribution in [0.5, 0.6) is 0 Å². The first-order valence-electron chi connectivity index (χ1n) is 7.96. The number of hydrogen-bond acceptors (Lipinski definition) is 4. The number of amides is 1. The molecule has 0 aromatic heterocycles. The topological polar surface area (TPSA) is 92.9 Å². The average Bonchev–Trinajstić information content (AvgIpc) is 2.54. The van der Waals surface area contributed by atoms with Crippen LogP contribution >= 0.6 is 23.2 Å². The number of hydrogen-bond donors (Lipinski definition) is 2. The summed E-state index contributed by atoms with van der Waals surface area (Å²) in [4.78, 5) is 24.2. The highest BCUT2D eigenvalue weighted by molar-refractivity contribution is 6.18. The van der Waals surface area contributed by atoms with E-state index in [0.717, 1.165) is 16.7 Å². The fraction of sp³-hybridized carbons (Fsp3) is 0.529. The van der Waals surface area contributed by atoms with Gasteiger partial charge in [0, 0.05) is 30.9 Å². The first kappa shape index (κ1) is 21.5. The van der Waals surface area contributed by atoms with E-state index < -0.39 is 18.1 Å². The number of carboxylic acids is 1. The van der Waals surface area contributed by atoms with Crippen molar-refractivity contribution < 1.29 is 19.4 Å². The highest BCUT2D eigenvalue weighted by Gasteiger charge is 2.15. The number of nitrogens with two attached hydrogens (primary N) is 1. The number of rotatable bonds is 10. The number of ether oxygens (including phenoxy) is 1. The summed E-state index contributed by atoms with van der Waals surface area (Å²) in [6.45, 7) is 2.79. The molecule has 0 aliphatic heterocycles. The molecule has 8 heteroatoms. The predicted octanol–water partition coefficient (Wildman–Crippen LogP) is 2.76. The van der Waals surface area contributed by atoms with Crippen molar-refractivity contribution in [2.45, 2.75) is 32.4 Å². The van der Waals surface area contributed by atoms with E-state index in [1.165, 1.54) is 4.90 Å². The van der Waals surface area contributed by atoms with Gasteiger partial charge in [0.05, 0.1) is 6.42 Å². The Kier molecular flexibility index (Phi) is 9.63. The standard InChI is InChI=1S/C17H24Cl2N2O4/c1-12-2-3-13(8-14(12)9-15(20)10-16(22)23)11-25-17(24)21(6-4-18)7-5-19/h2-3,8,15H,4-7,9-11,20H2,1H3,(H,22,23). The van der Waals surface area contributed by atoms with E-state index in [1.807, 2.05) is 25.1 Å². The molecule has 0 saturated carbocycles. The smallest absolute Gasteiger partial charge is 0.410 e. The zero-order chi connectivity index (χ0) is 18.8. The summed E-state index contributed by atoms with van der Waals surface area (Å²) in [6, 6.07) is 5.19. The Labute approximate surface area is 157 Å². The van der Waals surface area contributed by atoms with Crippen LogP contribution in [0.25, 0.3) is 0 Å². The quantitative estimate of drug-likeness (QED) is 0.599. The van der Waals surface area contributed by atoms with Crippen LogP contribution in [0.15, 0.2) is 18.2 Å². The molecule has 0 aliphatic carbocycles. The Bertz CT molecular complexity index is 578. The number of alkyl halides is 2. The largest absolute Gasteiger partial charge is 0.481 e. The van der Waals surface area contributed by atoms with Gasteiger partial charge in [-0.15, -0.1) is 23.2 Å². The Hall–Kier alpha value is -1.50. The van der Waals surface area contributed by atoms with Crippen molar-refractivity contribution in [1.82, 2.24) is 4.90 Å². The number of carbonyl (C=O) groups is 2. The Morgan fingerprint density at radius 3 is 2.48 bits per heavy atom. The van der Waals surface area contributed by atoms with Crippen LogP contribution in [-0.4, -0.2) is 53.0 Å². The van der Waals surface area contributed by atoms with Gasteiger partial charge in [-0.05, 0) is 30.0 Å². The Morgan fingerprint density at radius 2 is 1.92 bits per heavy atom. The summed E-state index contributed by atoms with van der Waals surface area (Å²) in [5.74, 6) is -0.307. The van der Waals surface area contributed by atoms with E-state index in [-0.39, 0.29) is 13.0 Å². The van der Waals surface area contributed by atoms with Crippen LogP contribution in [0.1, 0.15) is 23.1 Å². The molecule has 0 fully saturated rings. The summed E-state index contributed by atoms with van der Waals surface area (Å²) in [6.07, 6.45) is -0.111. The highest BCUT2D eigenvalue weighted by atomic mass is 35.5. The van der Waals surface area contributed by atoms with E-state index in [0.29, 0.717) is 31.3 Å². The van der Waals surface area contributed by atoms with Gasteiger partial charge in [0.1, 0.15) is 6.61 Å². The number of halogens is 2. The normalized spacial score (nSPS) is 11.8. The van der Waals surface area contributed by atoms with Gasteiger partial charge in [0.15, 0.2) is 0 Å². The third kappa shape index (κ3) is 7.94. The third-order valence-corrected chi connectivity index (χ3v) is 4.00. The SMILES string of the molecule is Cc1ccc(COC(=O)N(CCCl)CCCl)cc1CC(N)CC(=O)O. The van der Waals surface area contributed by atoms with Crippen molar-refractivity contribution in [2.75, 3.05) is 24.8 Å². The zero-order valence-corrected chi connectivity index (χ0v) is 15.7. The molecule has 3 N–H and O–H groups in total. The summed E-state index contributed by atoms with van der Waals surface area (Å²) in [5, 5.41) is 8.81. The second-order valence-electron chi connectivity index (χ2n) is 5.74. The minimum Gasteiger partial charge on any atom is -0.481 e. The van der Waals surface area contributed by atoms with Gasteiger partial charge in [0.25, 0.3) is 0 Å². The number of aliphatic carboxylic acids is 1. The first-order chi connectivity index (χ1) is 11.9. The lowest BCUT2D eigenvalue weighted by Crippen LogP contribution is -2.34. The number of benzene rings is 1. The molecule has 0 spiro atoms. The summed E-state index contributed by atoms with van der Waals surface area (Å²) < 4.78 is 5.30. The van der Waals surface area contributed by atoms with Gasteiger partial charge < -0.3 is 20.5 Å². The molecule has 1 atom stereocenters. The van der Waals surface area contributed by atoms with E-state index in [4.69, 9.17) is 38.8 Å². The Balaban J connectivity index is 2.68. The molecule has 140 valence electrons. The number of carboxylic acid groups (broad SMARTS) is 1. The molecule has 1 rings (SSSR count). The van der Waals surface area contributed by atoms with Crippen molar-refractivity contribution in [2.24, 2.45) is 5.73 Å². The van der Waals surface area contributed by atoms with Crippen LogP contribution in [0.2, 0.25) is 0 Å². The maximum absolute atomic E-state index is 12.0. The van der Waals surface area contributed by atoms with Crippen LogP contribution < -0.4 is 5.73 Å². The molecule has 0 saturated heterocycles. The second kappa shape index (κ2) is 11.2. The molecule has 6 nitrogen and oxygen atoms in total. The minimum absolute atomic E-state index is 0.0928. The second-order valence-corrected chi connectivity index (χ2v) is 6.50. The van der Waals surface area contributed by atoms with Crippen molar-refractivity contribution in [3.8, 4) is 0 Å². The third-order valence-electron chi connectivity index (χ3n) is 3.66. The zero-order valence-electron chi connectivity index (χ0n) is 14.2. The van der Waals surface area contributed by atoms with E-state index in [1.54, 1.807) is 0 Å². The maximum atomic E-state index is 12.0. The molecule has 1 amide bonds. The lowest BCUT2D eigenvalue weighted by molar-refractivity contribution is -0.137. The summed E-state index contributed by atoms with van der Waals surface area (Å²) in [5.41, 5.74) is 8.63. The van der Waals surface area contributed by atoms with Gasteiger partial charge in [-0.3, -0.25) is 4.79 Å². The van der Waals surface area contributed by atoms with Gasteiger partial charge in [-0.2, -0.15) is 0 Å². The highest BCUT2D eigenvalue weighted by Crippen LogP contribution is 2.15. The van der Waals surface area contributed by atoms with E-state index >= 15 is 0 Å². The molecule has 1 aromatic rings. The fourth-order valence-corrected chi connectivity index (χ4v) is 2.76. The van der Waals surface area contributed by atoms with Crippen molar-refractivity contribution in [3.05, 3.63) is 34.9 Å². The first-order valence-corrected chi connectivity index (χ1v) is 9.03. The minimum atomic E-state index is -0.922. The molecular formula is C17H24Cl2N2O4. The number of aryl methyl sites for hydroxylation is 1. The average molecular weight is 391 g/mol. The molecule has 25 heavy (non-hydrogen) atoms. The number of carbonyl (C=O) groups excluding carboxylic acids is 1. The van der Waals surface area contributed by atoms with Crippen molar-refractivity contribution >= 4 is 35.3 Å². The van der Waals surface area contributed by atoms with Crippen LogP contribution in [0, 0.1) is 6.92 Å². The molecule has 0 radical (unpaired) electrons. The summed E-state index contributed by atoms with van der Waals surface area (Å²) in [7, 11) is 0. The van der Waals surface area contributed by atoms with Crippen LogP contribution in [0.4, 0.5) is 4.79 Å². The monoisotopic (exact) mass is 390 g/mol. The van der Waals surface area contributed by atoms with Crippen LogP contribution in [0.3, 0.4) is 0 Å². The van der Waals surface area contributed by atoms with Crippen molar-refractivity contribution in [1.29, 1.82) is 0 Å². The van der Waals surface area contributed by atoms with Gasteiger partial charge in [0.2, 0.25) is 0 Å². The maximum Gasteiger partial charge on any atom is 0.410 e. The fourth-order valence-electron chi connectivity index (χ4n) is 2.35. The van der Waals surface area contributed by atoms with Gasteiger partial charge >= 0.3 is 12.1 Å².